The highest BCUT2D eigenvalue weighted by atomic mass is 16.5. The van der Waals surface area contributed by atoms with Gasteiger partial charge in [0.1, 0.15) is 23.5 Å². The van der Waals surface area contributed by atoms with Crippen LogP contribution in [0, 0.1) is 11.3 Å². The van der Waals surface area contributed by atoms with Crippen molar-refractivity contribution >= 4 is 18.2 Å². The number of fused-ring (bicyclic) bond motifs is 1. The lowest BCUT2D eigenvalue weighted by Crippen LogP contribution is -2.30. The van der Waals surface area contributed by atoms with Crippen LogP contribution in [0.2, 0.25) is 0 Å². The van der Waals surface area contributed by atoms with E-state index < -0.39 is 7.12 Å². The van der Waals surface area contributed by atoms with Crippen LogP contribution in [0.15, 0.2) is 42.7 Å². The fraction of sp³-hybridized carbons (Fsp3) is 0.133. The van der Waals surface area contributed by atoms with E-state index in [-0.39, 0.29) is 17.4 Å². The Kier molecular flexibility index (Phi) is 3.97. The average Bonchev–Trinajstić information content (AvgIpc) is 2.99. The maximum Gasteiger partial charge on any atom is 0.488 e. The lowest BCUT2D eigenvalue weighted by atomic mass is 9.81. The van der Waals surface area contributed by atoms with Gasteiger partial charge in [0, 0.05) is 6.20 Å². The van der Waals surface area contributed by atoms with Crippen LogP contribution in [0.5, 0.6) is 5.88 Å². The highest BCUT2D eigenvalue weighted by molar-refractivity contribution is 6.58. The van der Waals surface area contributed by atoms with Gasteiger partial charge < -0.3 is 14.8 Å². The zero-order valence-corrected chi connectivity index (χ0v) is 12.3. The van der Waals surface area contributed by atoms with E-state index in [1.807, 2.05) is 25.1 Å². The molecule has 1 atom stereocenters. The fourth-order valence-corrected chi connectivity index (χ4v) is 2.27. The van der Waals surface area contributed by atoms with Gasteiger partial charge >= 0.3 is 7.12 Å². The number of nitriles is 1. The molecule has 3 aromatic heterocycles. The van der Waals surface area contributed by atoms with E-state index in [0.717, 1.165) is 0 Å². The van der Waals surface area contributed by atoms with Crippen molar-refractivity contribution in [1.29, 1.82) is 5.26 Å². The van der Waals surface area contributed by atoms with Gasteiger partial charge in [-0.25, -0.2) is 4.98 Å². The topological polar surface area (TPSA) is 104 Å². The predicted molar refractivity (Wildman–Crippen MR) is 83.0 cm³/mol. The molecule has 0 aliphatic rings. The minimum atomic E-state index is -1.66. The van der Waals surface area contributed by atoms with Crippen molar-refractivity contribution in [2.24, 2.45) is 0 Å². The van der Waals surface area contributed by atoms with E-state index in [0.29, 0.717) is 17.0 Å². The second kappa shape index (κ2) is 6.08. The normalized spacial score (nSPS) is 11.9. The van der Waals surface area contributed by atoms with Crippen LogP contribution in [-0.2, 0) is 0 Å². The first-order chi connectivity index (χ1) is 11.1. The molecule has 0 aromatic carbocycles. The average molecular weight is 308 g/mol. The fourth-order valence-electron chi connectivity index (χ4n) is 2.27. The largest absolute Gasteiger partial charge is 0.488 e. The lowest BCUT2D eigenvalue weighted by Gasteiger charge is -2.16. The Morgan fingerprint density at radius 2 is 2.13 bits per heavy atom. The summed E-state index contributed by atoms with van der Waals surface area (Å²) in [4.78, 5) is 8.32. The van der Waals surface area contributed by atoms with E-state index in [2.05, 4.69) is 9.97 Å². The summed E-state index contributed by atoms with van der Waals surface area (Å²) in [6.45, 7) is 1.82. The quantitative estimate of drug-likeness (QED) is 0.677. The molecule has 0 unspecified atom stereocenters. The van der Waals surface area contributed by atoms with Gasteiger partial charge in [-0.3, -0.25) is 9.38 Å². The van der Waals surface area contributed by atoms with Crippen molar-refractivity contribution in [2.45, 2.75) is 13.0 Å². The molecular weight excluding hydrogens is 295 g/mol. The van der Waals surface area contributed by atoms with Crippen LogP contribution < -0.4 is 10.2 Å². The molecule has 0 aliphatic heterocycles. The molecule has 0 aliphatic carbocycles. The zero-order chi connectivity index (χ0) is 16.4. The van der Waals surface area contributed by atoms with Crippen molar-refractivity contribution in [2.75, 3.05) is 0 Å². The second-order valence-electron chi connectivity index (χ2n) is 4.96. The van der Waals surface area contributed by atoms with Gasteiger partial charge in [-0.2, -0.15) is 5.26 Å². The summed E-state index contributed by atoms with van der Waals surface area (Å²) >= 11 is 0. The number of pyridine rings is 2. The van der Waals surface area contributed by atoms with Crippen LogP contribution in [0.4, 0.5) is 0 Å². The molecule has 114 valence electrons. The molecule has 0 fully saturated rings. The maximum atomic E-state index is 9.41. The zero-order valence-electron chi connectivity index (χ0n) is 12.3. The Labute approximate surface area is 132 Å². The third-order valence-electron chi connectivity index (χ3n) is 3.41. The Bertz CT molecular complexity index is 874. The first-order valence-corrected chi connectivity index (χ1v) is 6.95. The first-order valence-electron chi connectivity index (χ1n) is 6.95. The Balaban J connectivity index is 2.07. The molecule has 0 saturated heterocycles. The lowest BCUT2D eigenvalue weighted by molar-refractivity contribution is 0.210. The number of hydrogen-bond acceptors (Lipinski definition) is 6. The van der Waals surface area contributed by atoms with Crippen LogP contribution in [0.1, 0.15) is 24.4 Å². The van der Waals surface area contributed by atoms with Crippen LogP contribution >= 0.6 is 0 Å². The molecule has 0 spiro atoms. The van der Waals surface area contributed by atoms with E-state index in [4.69, 9.17) is 4.74 Å². The Hall–Kier alpha value is -2.89. The summed E-state index contributed by atoms with van der Waals surface area (Å²) in [5.74, 6) is 0.290. The summed E-state index contributed by atoms with van der Waals surface area (Å²) in [7, 11) is -1.66. The number of aromatic nitrogens is 3. The number of rotatable bonds is 4. The van der Waals surface area contributed by atoms with Crippen LogP contribution in [0.25, 0.3) is 5.65 Å². The third kappa shape index (κ3) is 2.88. The standard InChI is InChI=1S/C15H13BN4O3/c1-10(13-4-2-3-5-18-13)23-15-7-11(16(21)22)6-14-19-9-12(8-17)20(14)15/h2-7,9-10,21-22H,1H3/t10-/m1/s1. The second-order valence-corrected chi connectivity index (χ2v) is 4.96. The number of imidazole rings is 1. The highest BCUT2D eigenvalue weighted by Gasteiger charge is 2.19. The van der Waals surface area contributed by atoms with Crippen molar-refractivity contribution in [3.05, 3.63) is 54.1 Å². The smallest absolute Gasteiger partial charge is 0.469 e. The number of nitrogens with zero attached hydrogens (tertiary/aromatic N) is 4. The maximum absolute atomic E-state index is 9.41. The van der Waals surface area contributed by atoms with Crippen molar-refractivity contribution in [3.8, 4) is 11.9 Å². The minimum Gasteiger partial charge on any atom is -0.469 e. The SMILES string of the molecule is C[C@@H](Oc1cc(B(O)O)cc2ncc(C#N)n12)c1ccccn1. The third-order valence-corrected chi connectivity index (χ3v) is 3.41. The van der Waals surface area contributed by atoms with E-state index in [9.17, 15) is 15.3 Å². The molecule has 0 radical (unpaired) electrons. The van der Waals surface area contributed by atoms with E-state index >= 15 is 0 Å². The van der Waals surface area contributed by atoms with Crippen molar-refractivity contribution < 1.29 is 14.8 Å². The highest BCUT2D eigenvalue weighted by Crippen LogP contribution is 2.22. The molecule has 7 nitrogen and oxygen atoms in total. The van der Waals surface area contributed by atoms with Crippen molar-refractivity contribution in [1.82, 2.24) is 14.4 Å². The van der Waals surface area contributed by atoms with E-state index in [1.54, 1.807) is 12.3 Å². The van der Waals surface area contributed by atoms with Gasteiger partial charge in [-0.05, 0) is 36.7 Å². The minimum absolute atomic E-state index is 0.232. The van der Waals surface area contributed by atoms with Crippen LogP contribution in [0.3, 0.4) is 0 Å². The molecule has 3 aromatic rings. The molecule has 3 heterocycles. The molecule has 2 N–H and O–H groups in total. The van der Waals surface area contributed by atoms with Crippen LogP contribution in [-0.4, -0.2) is 31.5 Å². The van der Waals surface area contributed by atoms with Gasteiger partial charge in [0.15, 0.2) is 0 Å². The van der Waals surface area contributed by atoms with Crippen molar-refractivity contribution in [3.63, 3.8) is 0 Å². The van der Waals surface area contributed by atoms with Gasteiger partial charge in [-0.15, -0.1) is 0 Å². The van der Waals surface area contributed by atoms with Gasteiger partial charge in [0.25, 0.3) is 0 Å². The van der Waals surface area contributed by atoms with Gasteiger partial charge in [-0.1, -0.05) is 6.07 Å². The molecule has 0 saturated carbocycles. The monoisotopic (exact) mass is 308 g/mol. The molecular formula is C15H13BN4O3. The Morgan fingerprint density at radius 1 is 1.30 bits per heavy atom. The summed E-state index contributed by atoms with van der Waals surface area (Å²) in [6.07, 6.45) is 2.68. The number of hydrogen-bond donors (Lipinski definition) is 2. The van der Waals surface area contributed by atoms with Gasteiger partial charge in [0.2, 0.25) is 5.88 Å². The van der Waals surface area contributed by atoms with Gasteiger partial charge in [0.05, 0.1) is 11.9 Å². The van der Waals surface area contributed by atoms with E-state index in [1.165, 1.54) is 22.7 Å². The molecule has 3 rings (SSSR count). The molecule has 8 heteroatoms. The summed E-state index contributed by atoms with van der Waals surface area (Å²) in [6, 6.07) is 10.5. The molecule has 0 amide bonds. The first kappa shape index (κ1) is 15.0. The molecule has 23 heavy (non-hydrogen) atoms. The summed E-state index contributed by atoms with van der Waals surface area (Å²) in [5.41, 5.74) is 1.64. The predicted octanol–water partition coefficient (Wildman–Crippen LogP) is 0.421. The molecule has 0 bridgehead atoms. The summed E-state index contributed by atoms with van der Waals surface area (Å²) in [5, 5.41) is 28.0. The summed E-state index contributed by atoms with van der Waals surface area (Å²) < 4.78 is 7.41. The Morgan fingerprint density at radius 3 is 2.78 bits per heavy atom. The number of ether oxygens (including phenoxy) is 1.